The van der Waals surface area contributed by atoms with Crippen molar-refractivity contribution in [3.8, 4) is 16.9 Å². The van der Waals surface area contributed by atoms with E-state index in [4.69, 9.17) is 28.8 Å². The maximum Gasteiger partial charge on any atom is 0.185 e. The number of fused-ring (bicyclic) bond motifs is 1. The number of halogens is 2. The zero-order chi connectivity index (χ0) is 21.5. The molecule has 0 atom stereocenters. The summed E-state index contributed by atoms with van der Waals surface area (Å²) < 4.78 is 20.2. The molecule has 0 unspecified atom stereocenters. The number of benzene rings is 3. The van der Waals surface area contributed by atoms with E-state index in [9.17, 15) is 4.39 Å². The normalized spacial score (nSPS) is 11.3. The molecule has 2 heterocycles. The molecule has 154 valence electrons. The second kappa shape index (κ2) is 7.80. The third kappa shape index (κ3) is 3.58. The van der Waals surface area contributed by atoms with Crippen LogP contribution in [0.2, 0.25) is 5.02 Å². The van der Waals surface area contributed by atoms with E-state index in [2.05, 4.69) is 4.57 Å². The molecule has 0 aliphatic carbocycles. The molecule has 5 rings (SSSR count). The minimum Gasteiger partial charge on any atom is -0.330 e. The first kappa shape index (κ1) is 19.7. The summed E-state index contributed by atoms with van der Waals surface area (Å²) in [7, 11) is 2.01. The van der Waals surface area contributed by atoms with Crippen LogP contribution in [0.1, 0.15) is 5.82 Å². The summed E-state index contributed by atoms with van der Waals surface area (Å²) in [5.41, 5.74) is 4.64. The van der Waals surface area contributed by atoms with Gasteiger partial charge in [-0.2, -0.15) is 0 Å². The molecule has 5 aromatic rings. The van der Waals surface area contributed by atoms with Crippen molar-refractivity contribution in [2.45, 2.75) is 6.54 Å². The molecule has 0 bridgehead atoms. The van der Waals surface area contributed by atoms with Crippen molar-refractivity contribution < 1.29 is 4.39 Å². The Labute approximate surface area is 188 Å². The quantitative estimate of drug-likeness (QED) is 0.297. The van der Waals surface area contributed by atoms with E-state index in [0.717, 1.165) is 33.8 Å². The van der Waals surface area contributed by atoms with Gasteiger partial charge in [0.1, 0.15) is 11.6 Å². The molecule has 0 aliphatic rings. The Morgan fingerprint density at radius 3 is 2.39 bits per heavy atom. The average Bonchev–Trinajstić information content (AvgIpc) is 3.27. The number of hydrogen-bond acceptors (Lipinski definition) is 2. The van der Waals surface area contributed by atoms with Crippen LogP contribution in [0, 0.1) is 10.6 Å². The van der Waals surface area contributed by atoms with Gasteiger partial charge in [0.15, 0.2) is 4.77 Å². The Hall–Kier alpha value is -3.22. The second-order valence-electron chi connectivity index (χ2n) is 7.32. The van der Waals surface area contributed by atoms with Gasteiger partial charge in [0.2, 0.25) is 0 Å². The summed E-state index contributed by atoms with van der Waals surface area (Å²) in [6.07, 6.45) is 1.99. The highest BCUT2D eigenvalue weighted by Crippen LogP contribution is 2.27. The zero-order valence-corrected chi connectivity index (χ0v) is 18.2. The standard InChI is InChI=1S/C24H18ClFN4S/c1-28-21-5-3-2-4-20(21)27-23(28)15-29-14-22(16-6-10-18(26)11-7-16)30(24(29)31)19-12-8-17(25)9-13-19/h2-14H,15H2,1H3. The van der Waals surface area contributed by atoms with Crippen LogP contribution in [0.4, 0.5) is 4.39 Å². The first-order valence-electron chi connectivity index (χ1n) is 9.75. The Morgan fingerprint density at radius 1 is 0.968 bits per heavy atom. The lowest BCUT2D eigenvalue weighted by atomic mass is 10.1. The number of nitrogens with zero attached hydrogens (tertiary/aromatic N) is 4. The predicted octanol–water partition coefficient (Wildman–Crippen LogP) is 6.40. The lowest BCUT2D eigenvalue weighted by molar-refractivity contribution is 0.628. The first-order chi connectivity index (χ1) is 15.0. The van der Waals surface area contributed by atoms with E-state index in [-0.39, 0.29) is 5.82 Å². The van der Waals surface area contributed by atoms with Crippen molar-refractivity contribution in [1.82, 2.24) is 18.7 Å². The highest BCUT2D eigenvalue weighted by molar-refractivity contribution is 7.71. The molecule has 7 heteroatoms. The molecule has 0 N–H and O–H groups in total. The molecule has 0 radical (unpaired) electrons. The molecule has 0 spiro atoms. The van der Waals surface area contributed by atoms with Crippen LogP contribution in [0.5, 0.6) is 0 Å². The monoisotopic (exact) mass is 448 g/mol. The number of aromatic nitrogens is 4. The third-order valence-electron chi connectivity index (χ3n) is 5.37. The van der Waals surface area contributed by atoms with E-state index < -0.39 is 0 Å². The molecule has 4 nitrogen and oxygen atoms in total. The van der Waals surface area contributed by atoms with Gasteiger partial charge >= 0.3 is 0 Å². The van der Waals surface area contributed by atoms with Gasteiger partial charge in [-0.3, -0.25) is 4.57 Å². The fourth-order valence-corrected chi connectivity index (χ4v) is 4.21. The maximum atomic E-state index is 13.5. The molecular formula is C24H18ClFN4S. The largest absolute Gasteiger partial charge is 0.330 e. The van der Waals surface area contributed by atoms with Crippen LogP contribution in [-0.4, -0.2) is 18.7 Å². The fourth-order valence-electron chi connectivity index (χ4n) is 3.76. The summed E-state index contributed by atoms with van der Waals surface area (Å²) in [6, 6.07) is 21.9. The van der Waals surface area contributed by atoms with Gasteiger partial charge in [-0.15, -0.1) is 0 Å². The van der Waals surface area contributed by atoms with E-state index in [1.54, 1.807) is 12.1 Å². The Kier molecular flexibility index (Phi) is 4.96. The first-order valence-corrected chi connectivity index (χ1v) is 10.5. The molecule has 2 aromatic heterocycles. The van der Waals surface area contributed by atoms with E-state index in [1.165, 1.54) is 12.1 Å². The number of imidazole rings is 2. The van der Waals surface area contributed by atoms with Crippen molar-refractivity contribution in [2.75, 3.05) is 0 Å². The Bertz CT molecular complexity index is 1450. The van der Waals surface area contributed by atoms with Crippen LogP contribution in [0.25, 0.3) is 28.0 Å². The molecule has 0 saturated carbocycles. The van der Waals surface area contributed by atoms with Crippen molar-refractivity contribution in [3.63, 3.8) is 0 Å². The lowest BCUT2D eigenvalue weighted by Gasteiger charge is -2.09. The summed E-state index contributed by atoms with van der Waals surface area (Å²) in [6.45, 7) is 0.513. The van der Waals surface area contributed by atoms with Gasteiger partial charge in [-0.05, 0) is 72.9 Å². The number of para-hydroxylation sites is 2. The molecule has 0 fully saturated rings. The smallest absolute Gasteiger partial charge is 0.185 e. The second-order valence-corrected chi connectivity index (χ2v) is 8.12. The number of hydrogen-bond donors (Lipinski definition) is 0. The van der Waals surface area contributed by atoms with E-state index >= 15 is 0 Å². The number of rotatable bonds is 4. The van der Waals surface area contributed by atoms with E-state index in [1.807, 2.05) is 70.9 Å². The van der Waals surface area contributed by atoms with E-state index in [0.29, 0.717) is 16.3 Å². The minimum atomic E-state index is -0.278. The van der Waals surface area contributed by atoms with Gasteiger partial charge < -0.3 is 9.13 Å². The van der Waals surface area contributed by atoms with Gasteiger partial charge in [0, 0.05) is 29.5 Å². The number of aryl methyl sites for hydroxylation is 1. The fraction of sp³-hybridized carbons (Fsp3) is 0.0833. The Morgan fingerprint density at radius 2 is 1.68 bits per heavy atom. The third-order valence-corrected chi connectivity index (χ3v) is 6.04. The molecule has 3 aromatic carbocycles. The van der Waals surface area contributed by atoms with Gasteiger partial charge in [-0.1, -0.05) is 23.7 Å². The maximum absolute atomic E-state index is 13.5. The molecule has 31 heavy (non-hydrogen) atoms. The topological polar surface area (TPSA) is 27.7 Å². The summed E-state index contributed by atoms with van der Waals surface area (Å²) in [5, 5.41) is 0.651. The summed E-state index contributed by atoms with van der Waals surface area (Å²) in [5.74, 6) is 0.621. The molecule has 0 saturated heterocycles. The van der Waals surface area contributed by atoms with Gasteiger partial charge in [0.05, 0.1) is 23.3 Å². The van der Waals surface area contributed by atoms with Crippen molar-refractivity contribution in [2.24, 2.45) is 7.05 Å². The molecular weight excluding hydrogens is 431 g/mol. The minimum absolute atomic E-state index is 0.278. The van der Waals surface area contributed by atoms with Crippen LogP contribution in [-0.2, 0) is 13.6 Å². The van der Waals surface area contributed by atoms with Crippen molar-refractivity contribution in [1.29, 1.82) is 0 Å². The zero-order valence-electron chi connectivity index (χ0n) is 16.7. The summed E-state index contributed by atoms with van der Waals surface area (Å²) in [4.78, 5) is 4.78. The summed E-state index contributed by atoms with van der Waals surface area (Å²) >= 11 is 11.9. The van der Waals surface area contributed by atoms with Gasteiger partial charge in [-0.25, -0.2) is 9.37 Å². The van der Waals surface area contributed by atoms with Gasteiger partial charge in [0.25, 0.3) is 0 Å². The van der Waals surface area contributed by atoms with Crippen LogP contribution in [0.15, 0.2) is 79.0 Å². The predicted molar refractivity (Wildman–Crippen MR) is 125 cm³/mol. The lowest BCUT2D eigenvalue weighted by Crippen LogP contribution is -2.06. The highest BCUT2D eigenvalue weighted by atomic mass is 35.5. The van der Waals surface area contributed by atoms with Crippen LogP contribution in [0.3, 0.4) is 0 Å². The van der Waals surface area contributed by atoms with Crippen molar-refractivity contribution in [3.05, 3.63) is 100 Å². The van der Waals surface area contributed by atoms with Crippen molar-refractivity contribution >= 4 is 34.9 Å². The molecule has 0 amide bonds. The average molecular weight is 449 g/mol. The molecule has 0 aliphatic heterocycles. The van der Waals surface area contributed by atoms with Crippen LogP contribution >= 0.6 is 23.8 Å². The Balaban J connectivity index is 1.66. The SMILES string of the molecule is Cn1c(Cn2cc(-c3ccc(F)cc3)n(-c3ccc(Cl)cc3)c2=S)nc2ccccc21. The van der Waals surface area contributed by atoms with Crippen LogP contribution < -0.4 is 0 Å². The highest BCUT2D eigenvalue weighted by Gasteiger charge is 2.15.